The molecule has 6 nitrogen and oxygen atoms in total. The quantitative estimate of drug-likeness (QED) is 0.744. The molecule has 1 amide bonds. The Hall–Kier alpha value is -0.990. The maximum Gasteiger partial charge on any atom is 0.252 e. The number of aryl methyl sites for hydroxylation is 1. The molecule has 2 aromatic rings. The highest BCUT2D eigenvalue weighted by Crippen LogP contribution is 2.32. The second-order valence-corrected chi connectivity index (χ2v) is 7.01. The summed E-state index contributed by atoms with van der Waals surface area (Å²) in [4.78, 5) is 20.6. The fourth-order valence-electron chi connectivity index (χ4n) is 2.17. The standard InChI is InChI=1S/C15H18ClN5OS.2ClH/c1-21-5-4-18-15(21)23-14-11(16)6-10(7-20-14)13(22)19-8-12(17)9-2-3-9;;/h4-7,9,12H,2-3,8,17H2,1H3,(H,19,22);2*1H. The predicted octanol–water partition coefficient (Wildman–Crippen LogP) is 2.93. The van der Waals surface area contributed by atoms with Gasteiger partial charge in [0.25, 0.3) is 5.91 Å². The zero-order chi connectivity index (χ0) is 16.4. The normalized spacial score (nSPS) is 14.2. The fraction of sp³-hybridized carbons (Fsp3) is 0.400. The first-order chi connectivity index (χ1) is 11.0. The Bertz CT molecular complexity index is 723. The summed E-state index contributed by atoms with van der Waals surface area (Å²) in [5.74, 6) is 0.345. The number of halogens is 3. The van der Waals surface area contributed by atoms with E-state index in [0.29, 0.717) is 28.1 Å². The monoisotopic (exact) mass is 423 g/mol. The molecule has 0 bridgehead atoms. The summed E-state index contributed by atoms with van der Waals surface area (Å²) in [5, 5.41) is 4.67. The molecule has 1 fully saturated rings. The Morgan fingerprint density at radius 1 is 1.48 bits per heavy atom. The highest BCUT2D eigenvalue weighted by molar-refractivity contribution is 7.99. The van der Waals surface area contributed by atoms with Crippen LogP contribution in [0, 0.1) is 5.92 Å². The van der Waals surface area contributed by atoms with Crippen LogP contribution in [0.2, 0.25) is 5.02 Å². The maximum atomic E-state index is 12.1. The number of aromatic nitrogens is 3. The summed E-state index contributed by atoms with van der Waals surface area (Å²) in [5.41, 5.74) is 6.41. The van der Waals surface area contributed by atoms with Crippen molar-refractivity contribution in [3.05, 3.63) is 35.2 Å². The number of nitrogens with two attached hydrogens (primary N) is 1. The number of nitrogens with one attached hydrogen (secondary N) is 1. The van der Waals surface area contributed by atoms with E-state index >= 15 is 0 Å². The molecule has 10 heteroatoms. The summed E-state index contributed by atoms with van der Waals surface area (Å²) in [6.45, 7) is 0.477. The van der Waals surface area contributed by atoms with Gasteiger partial charge in [-0.2, -0.15) is 0 Å². The number of imidazole rings is 1. The Morgan fingerprint density at radius 2 is 2.20 bits per heavy atom. The minimum atomic E-state index is -0.205. The third kappa shape index (κ3) is 5.76. The van der Waals surface area contributed by atoms with Crippen molar-refractivity contribution < 1.29 is 4.79 Å². The second-order valence-electron chi connectivity index (χ2n) is 5.65. The number of hydrogen-bond donors (Lipinski definition) is 2. The van der Waals surface area contributed by atoms with Gasteiger partial charge in [0.15, 0.2) is 5.16 Å². The van der Waals surface area contributed by atoms with Crippen molar-refractivity contribution >= 4 is 54.1 Å². The number of hydrogen-bond acceptors (Lipinski definition) is 5. The van der Waals surface area contributed by atoms with Crippen LogP contribution in [0.5, 0.6) is 0 Å². The number of rotatable bonds is 6. The highest BCUT2D eigenvalue weighted by atomic mass is 35.5. The molecule has 1 saturated carbocycles. The van der Waals surface area contributed by atoms with Crippen LogP contribution < -0.4 is 11.1 Å². The van der Waals surface area contributed by atoms with Crippen molar-refractivity contribution in [1.82, 2.24) is 19.9 Å². The molecule has 2 heterocycles. The third-order valence-corrected chi connectivity index (χ3v) is 5.26. The van der Waals surface area contributed by atoms with Crippen molar-refractivity contribution in [2.45, 2.75) is 29.1 Å². The van der Waals surface area contributed by atoms with E-state index in [-0.39, 0.29) is 36.8 Å². The van der Waals surface area contributed by atoms with Gasteiger partial charge in [-0.3, -0.25) is 4.79 Å². The van der Waals surface area contributed by atoms with E-state index in [2.05, 4.69) is 15.3 Å². The number of amides is 1. The van der Waals surface area contributed by atoms with Gasteiger partial charge in [-0.05, 0) is 36.6 Å². The molecule has 1 aliphatic carbocycles. The van der Waals surface area contributed by atoms with Crippen molar-refractivity contribution in [1.29, 1.82) is 0 Å². The molecule has 3 N–H and O–H groups in total. The topological polar surface area (TPSA) is 85.8 Å². The summed E-state index contributed by atoms with van der Waals surface area (Å²) < 4.78 is 1.88. The van der Waals surface area contributed by atoms with Gasteiger partial charge in [-0.1, -0.05) is 11.6 Å². The van der Waals surface area contributed by atoms with Gasteiger partial charge >= 0.3 is 0 Å². The minimum absolute atomic E-state index is 0. The molecule has 138 valence electrons. The SMILES string of the molecule is Cl.Cl.Cn1ccnc1Sc1ncc(C(=O)NCC(N)C2CC2)cc1Cl. The van der Waals surface area contributed by atoms with Crippen LogP contribution in [0.4, 0.5) is 0 Å². The molecule has 1 atom stereocenters. The lowest BCUT2D eigenvalue weighted by atomic mass is 10.2. The number of carbonyl (C=O) groups is 1. The average molecular weight is 425 g/mol. The van der Waals surface area contributed by atoms with Crippen LogP contribution in [0.25, 0.3) is 0 Å². The van der Waals surface area contributed by atoms with E-state index in [1.54, 1.807) is 12.3 Å². The van der Waals surface area contributed by atoms with Crippen LogP contribution in [0.15, 0.2) is 34.8 Å². The molecule has 1 unspecified atom stereocenters. The lowest BCUT2D eigenvalue weighted by Crippen LogP contribution is -2.38. The molecule has 2 aromatic heterocycles. The molecular weight excluding hydrogens is 405 g/mol. The smallest absolute Gasteiger partial charge is 0.252 e. The van der Waals surface area contributed by atoms with Gasteiger partial charge in [-0.15, -0.1) is 24.8 Å². The summed E-state index contributed by atoms with van der Waals surface area (Å²) >= 11 is 7.60. The van der Waals surface area contributed by atoms with Gasteiger partial charge in [0.05, 0.1) is 10.6 Å². The van der Waals surface area contributed by atoms with Gasteiger partial charge in [0.2, 0.25) is 0 Å². The fourth-order valence-corrected chi connectivity index (χ4v) is 3.20. The zero-order valence-electron chi connectivity index (χ0n) is 13.5. The Kier molecular flexibility index (Phi) is 8.50. The molecule has 3 rings (SSSR count). The van der Waals surface area contributed by atoms with Crippen molar-refractivity contribution in [2.24, 2.45) is 18.7 Å². The predicted molar refractivity (Wildman–Crippen MR) is 104 cm³/mol. The number of carbonyl (C=O) groups excluding carboxylic acids is 1. The van der Waals surface area contributed by atoms with Crippen LogP contribution in [-0.2, 0) is 7.05 Å². The summed E-state index contributed by atoms with van der Waals surface area (Å²) in [7, 11) is 1.90. The Morgan fingerprint density at radius 3 is 2.76 bits per heavy atom. The third-order valence-electron chi connectivity index (χ3n) is 3.76. The Labute approximate surface area is 168 Å². The Balaban J connectivity index is 0.00000156. The minimum Gasteiger partial charge on any atom is -0.350 e. The molecule has 0 saturated heterocycles. The van der Waals surface area contributed by atoms with Crippen LogP contribution in [-0.4, -0.2) is 33.0 Å². The van der Waals surface area contributed by atoms with Gasteiger partial charge in [-0.25, -0.2) is 9.97 Å². The van der Waals surface area contributed by atoms with Crippen LogP contribution in [0.3, 0.4) is 0 Å². The van der Waals surface area contributed by atoms with Crippen molar-refractivity contribution in [3.8, 4) is 0 Å². The highest BCUT2D eigenvalue weighted by Gasteiger charge is 2.28. The van der Waals surface area contributed by atoms with Crippen LogP contribution in [0.1, 0.15) is 23.2 Å². The molecule has 0 spiro atoms. The number of nitrogens with zero attached hydrogens (tertiary/aromatic N) is 3. The van der Waals surface area contributed by atoms with E-state index in [9.17, 15) is 4.79 Å². The van der Waals surface area contributed by atoms with Gasteiger partial charge in [0, 0.05) is 38.2 Å². The number of pyridine rings is 1. The molecule has 0 aliphatic heterocycles. The van der Waals surface area contributed by atoms with Gasteiger partial charge in [0.1, 0.15) is 5.03 Å². The zero-order valence-corrected chi connectivity index (χ0v) is 16.7. The van der Waals surface area contributed by atoms with Crippen LogP contribution >= 0.6 is 48.2 Å². The van der Waals surface area contributed by atoms with E-state index in [1.165, 1.54) is 18.0 Å². The van der Waals surface area contributed by atoms with E-state index in [0.717, 1.165) is 18.0 Å². The second kappa shape index (κ2) is 9.64. The average Bonchev–Trinajstić information content (AvgIpc) is 3.31. The maximum absolute atomic E-state index is 12.1. The largest absolute Gasteiger partial charge is 0.350 e. The van der Waals surface area contributed by atoms with Crippen molar-refractivity contribution in [3.63, 3.8) is 0 Å². The molecule has 1 aliphatic rings. The molecule has 0 radical (unpaired) electrons. The summed E-state index contributed by atoms with van der Waals surface area (Å²) in [6, 6.07) is 1.65. The molecule has 0 aromatic carbocycles. The van der Waals surface area contributed by atoms with E-state index in [4.69, 9.17) is 17.3 Å². The molecular formula is C15H20Cl3N5OS. The first-order valence-electron chi connectivity index (χ1n) is 7.39. The van der Waals surface area contributed by atoms with Crippen molar-refractivity contribution in [2.75, 3.05) is 6.54 Å². The first-order valence-corrected chi connectivity index (χ1v) is 8.58. The van der Waals surface area contributed by atoms with E-state index < -0.39 is 0 Å². The lowest BCUT2D eigenvalue weighted by Gasteiger charge is -2.12. The molecule has 25 heavy (non-hydrogen) atoms. The van der Waals surface area contributed by atoms with Gasteiger partial charge < -0.3 is 15.6 Å². The first kappa shape index (κ1) is 22.1. The lowest BCUT2D eigenvalue weighted by molar-refractivity contribution is 0.0950. The van der Waals surface area contributed by atoms with E-state index in [1.807, 2.05) is 17.8 Å². The summed E-state index contributed by atoms with van der Waals surface area (Å²) in [6.07, 6.45) is 7.39.